The van der Waals surface area contributed by atoms with Crippen molar-refractivity contribution >= 4 is 22.3 Å². The molecule has 67 heavy (non-hydrogen) atoms. The third kappa shape index (κ3) is 6.01. The second-order valence-electron chi connectivity index (χ2n) is 20.2. The number of aromatic nitrogens is 9. The average molecular weight is 909 g/mol. The molecule has 1 amide bonds. The van der Waals surface area contributed by atoms with Crippen molar-refractivity contribution < 1.29 is 22.8 Å². The number of aromatic amines is 1. The van der Waals surface area contributed by atoms with E-state index in [9.17, 15) is 9.59 Å². The zero-order valence-corrected chi connectivity index (χ0v) is 38.4. The number of pyridine rings is 1. The van der Waals surface area contributed by atoms with E-state index in [1.807, 2.05) is 22.4 Å². The van der Waals surface area contributed by atoms with Crippen LogP contribution in [0.4, 0.5) is 8.78 Å². The lowest BCUT2D eigenvalue weighted by atomic mass is 9.84. The highest BCUT2D eigenvalue weighted by Crippen LogP contribution is 2.61. The van der Waals surface area contributed by atoms with Gasteiger partial charge < -0.3 is 14.0 Å². The fourth-order valence-electron chi connectivity index (χ4n) is 11.6. The van der Waals surface area contributed by atoms with Crippen LogP contribution < -0.4 is 11.4 Å². The summed E-state index contributed by atoms with van der Waals surface area (Å²) in [5, 5.41) is 14.0. The summed E-state index contributed by atoms with van der Waals surface area (Å²) in [6.45, 7) is 12.7. The Bertz CT molecular complexity index is 3500. The Kier molecular flexibility index (Phi) is 8.73. The molecule has 0 radical (unpaired) electrons. The van der Waals surface area contributed by atoms with Crippen LogP contribution in [0.25, 0.3) is 33.6 Å². The first-order chi connectivity index (χ1) is 32.0. The summed E-state index contributed by atoms with van der Waals surface area (Å²) < 4.78 is 50.7. The van der Waals surface area contributed by atoms with E-state index >= 15 is 13.6 Å². The van der Waals surface area contributed by atoms with Crippen LogP contribution in [-0.4, -0.2) is 72.8 Å². The number of rotatable bonds is 7. The highest BCUT2D eigenvalue weighted by Gasteiger charge is 2.61. The smallest absolute Gasteiger partial charge is 0.376 e. The van der Waals surface area contributed by atoms with E-state index in [1.165, 1.54) is 21.5 Å². The van der Waals surface area contributed by atoms with Gasteiger partial charge in [-0.15, -0.1) is 0 Å². The SMILES string of the molecule is Cc1cc(-n2nc3c(c2-n2ccn(-c4ccc5c(cnn5C)c4F)c2=O)[C@H](C)N(C(=O)c2cn4cc(C5CCOC(C)(C)C5)ccc4c2[C@@]2(c4noc(=O)[nH]4)C[C@@H]2C)CC32CC2)cc(C)c1F. The number of benzene rings is 2. The highest BCUT2D eigenvalue weighted by molar-refractivity contribution is 6.00. The molecule has 6 aromatic heterocycles. The minimum Gasteiger partial charge on any atom is -0.376 e. The van der Waals surface area contributed by atoms with Gasteiger partial charge in [0, 0.05) is 61.5 Å². The molecule has 0 bridgehead atoms. The molecule has 4 atom stereocenters. The third-order valence-electron chi connectivity index (χ3n) is 15.5. The Balaban J connectivity index is 1.03. The minimum absolute atomic E-state index is 0.0224. The Morgan fingerprint density at radius 3 is 2.36 bits per heavy atom. The molecule has 4 aliphatic rings. The first kappa shape index (κ1) is 41.5. The maximum Gasteiger partial charge on any atom is 0.438 e. The van der Waals surface area contributed by atoms with Gasteiger partial charge in [0.15, 0.2) is 11.6 Å². The number of ether oxygens (including phenoxy) is 1. The van der Waals surface area contributed by atoms with Crippen LogP contribution in [0, 0.1) is 31.4 Å². The summed E-state index contributed by atoms with van der Waals surface area (Å²) in [6.07, 6.45) is 12.4. The largest absolute Gasteiger partial charge is 0.438 e. The summed E-state index contributed by atoms with van der Waals surface area (Å²) in [7, 11) is 1.72. The van der Waals surface area contributed by atoms with E-state index in [0.717, 1.165) is 48.0 Å². The van der Waals surface area contributed by atoms with Crippen molar-refractivity contribution in [3.8, 4) is 17.2 Å². The van der Waals surface area contributed by atoms with Crippen LogP contribution in [0.2, 0.25) is 0 Å². The Morgan fingerprint density at radius 1 is 0.940 bits per heavy atom. The van der Waals surface area contributed by atoms with E-state index in [4.69, 9.17) is 14.4 Å². The number of carbonyl (C=O) groups is 1. The second kappa shape index (κ2) is 14.1. The van der Waals surface area contributed by atoms with Crippen molar-refractivity contribution in [2.45, 2.75) is 102 Å². The van der Waals surface area contributed by atoms with Gasteiger partial charge in [-0.25, -0.2) is 23.1 Å². The van der Waals surface area contributed by atoms with Crippen molar-refractivity contribution in [1.82, 2.24) is 48.1 Å². The van der Waals surface area contributed by atoms with E-state index in [1.54, 1.807) is 60.7 Å². The standard InChI is InChI=1S/C50H50F2N10O5/c1-26-18-32(19-27(2)40(26)51)62-43(60-16-15-59(47(60)65)37-11-10-35-33(41(37)52)22-53-57(35)7)38-29(4)61(25-49(13-14-49)42(38)55-62)44(63)34-24-58-23-31(30-12-17-66-48(5,6)21-30)8-9-36(58)39(34)50(20-28(50)3)45-54-46(64)67-56-45/h8-11,15-16,18-19,22-24,28-30H,12-14,17,20-21,25H2,1-7H3,(H,54,56,64)/t28-,29-,30?,50+/m0/s1. The summed E-state index contributed by atoms with van der Waals surface area (Å²) in [4.78, 5) is 47.9. The zero-order valence-electron chi connectivity index (χ0n) is 38.4. The number of hydrogen-bond acceptors (Lipinski definition) is 8. The molecule has 2 aliphatic heterocycles. The van der Waals surface area contributed by atoms with Crippen LogP contribution in [0.5, 0.6) is 0 Å². The number of carbonyl (C=O) groups excluding carboxylic acids is 1. The predicted octanol–water partition coefficient (Wildman–Crippen LogP) is 7.77. The quantitative estimate of drug-likeness (QED) is 0.170. The van der Waals surface area contributed by atoms with E-state index < -0.39 is 34.1 Å². The van der Waals surface area contributed by atoms with Crippen molar-refractivity contribution in [1.29, 1.82) is 0 Å². The van der Waals surface area contributed by atoms with Gasteiger partial charge in [0.25, 0.3) is 5.91 Å². The fourth-order valence-corrected chi connectivity index (χ4v) is 11.6. The lowest BCUT2D eigenvalue weighted by Gasteiger charge is -2.38. The van der Waals surface area contributed by atoms with Crippen LogP contribution in [0.15, 0.2) is 81.5 Å². The summed E-state index contributed by atoms with van der Waals surface area (Å²) >= 11 is 0. The van der Waals surface area contributed by atoms with Gasteiger partial charge in [-0.3, -0.25) is 28.1 Å². The van der Waals surface area contributed by atoms with Gasteiger partial charge in [0.05, 0.1) is 62.3 Å². The molecule has 3 fully saturated rings. The molecule has 8 heterocycles. The molecular weight excluding hydrogens is 859 g/mol. The second-order valence-corrected chi connectivity index (χ2v) is 20.2. The molecule has 1 N–H and O–H groups in total. The lowest BCUT2D eigenvalue weighted by molar-refractivity contribution is -0.0593. The number of nitrogens with zero attached hydrogens (tertiary/aromatic N) is 9. The molecule has 1 spiro atoms. The summed E-state index contributed by atoms with van der Waals surface area (Å²) in [5.41, 5.74) is 4.49. The van der Waals surface area contributed by atoms with Gasteiger partial charge >= 0.3 is 11.4 Å². The van der Waals surface area contributed by atoms with Gasteiger partial charge in [-0.1, -0.05) is 18.1 Å². The van der Waals surface area contributed by atoms with Crippen LogP contribution in [0.1, 0.15) is 121 Å². The van der Waals surface area contributed by atoms with Crippen LogP contribution in [-0.2, 0) is 22.6 Å². The maximum absolute atomic E-state index is 16.2. The number of aryl methyl sites for hydroxylation is 3. The zero-order chi connectivity index (χ0) is 46.6. The fraction of sp³-hybridized carbons (Fsp3) is 0.400. The number of hydrogen-bond donors (Lipinski definition) is 1. The number of nitrogens with one attached hydrogen (secondary N) is 1. The van der Waals surface area contributed by atoms with Gasteiger partial charge in [-0.05, 0) is 126 Å². The number of imidazole rings is 1. The van der Waals surface area contributed by atoms with Crippen molar-refractivity contribution in [3.63, 3.8) is 0 Å². The Hall–Kier alpha value is -6.88. The molecule has 15 nitrogen and oxygen atoms in total. The minimum atomic E-state index is -0.797. The van der Waals surface area contributed by atoms with Crippen LogP contribution in [0.3, 0.4) is 0 Å². The average Bonchev–Trinajstić information content (AvgIpc) is 3.71. The molecule has 17 heteroatoms. The predicted molar refractivity (Wildman–Crippen MR) is 244 cm³/mol. The number of halogens is 2. The van der Waals surface area contributed by atoms with Crippen LogP contribution >= 0.6 is 0 Å². The molecule has 1 saturated heterocycles. The Labute approximate surface area is 382 Å². The third-order valence-corrected chi connectivity index (χ3v) is 15.5. The molecule has 2 saturated carbocycles. The first-order valence-corrected chi connectivity index (χ1v) is 23.0. The van der Waals surface area contributed by atoms with E-state index in [-0.39, 0.29) is 40.2 Å². The monoisotopic (exact) mass is 908 g/mol. The van der Waals surface area contributed by atoms with Gasteiger partial charge in [-0.2, -0.15) is 10.2 Å². The molecule has 2 aromatic carbocycles. The summed E-state index contributed by atoms with van der Waals surface area (Å²) in [6, 6.07) is 10.3. The first-order valence-electron chi connectivity index (χ1n) is 23.0. The Morgan fingerprint density at radius 2 is 1.67 bits per heavy atom. The molecule has 8 aromatic rings. The topological polar surface area (TPSA) is 155 Å². The van der Waals surface area contributed by atoms with Crippen molar-refractivity contribution in [2.75, 3.05) is 13.2 Å². The van der Waals surface area contributed by atoms with Crippen molar-refractivity contribution in [3.05, 3.63) is 145 Å². The number of fused-ring (bicyclic) bond motifs is 4. The molecular formula is C50H50F2N10O5. The van der Waals surface area contributed by atoms with Crippen molar-refractivity contribution in [2.24, 2.45) is 13.0 Å². The molecule has 1 unspecified atom stereocenters. The number of H-pyrrole nitrogens is 1. The van der Waals surface area contributed by atoms with E-state index in [2.05, 4.69) is 54.3 Å². The maximum atomic E-state index is 16.2. The van der Waals surface area contributed by atoms with E-state index in [0.29, 0.717) is 64.7 Å². The van der Waals surface area contributed by atoms with Gasteiger partial charge in [0.1, 0.15) is 11.6 Å². The normalized spacial score (nSPS) is 22.8. The lowest BCUT2D eigenvalue weighted by Crippen LogP contribution is -2.44. The summed E-state index contributed by atoms with van der Waals surface area (Å²) in [5.74, 6) is -0.779. The van der Waals surface area contributed by atoms with Gasteiger partial charge in [0.2, 0.25) is 0 Å². The number of amides is 1. The highest BCUT2D eigenvalue weighted by atomic mass is 19.1. The molecule has 2 aliphatic carbocycles. The molecule has 344 valence electrons. The molecule has 12 rings (SSSR count).